The Labute approximate surface area is 89.3 Å². The van der Waals surface area contributed by atoms with Gasteiger partial charge in [-0.3, -0.25) is 0 Å². The lowest BCUT2D eigenvalue weighted by Gasteiger charge is -2.04. The minimum absolute atomic E-state index is 0.500. The van der Waals surface area contributed by atoms with Gasteiger partial charge in [-0.2, -0.15) is 0 Å². The Bertz CT molecular complexity index is 226. The quantitative estimate of drug-likeness (QED) is 0.706. The fourth-order valence-electron chi connectivity index (χ4n) is 0.439. The fraction of sp³-hybridized carbons (Fsp3) is 0.400. The van der Waals surface area contributed by atoms with E-state index in [2.05, 4.69) is 0 Å². The Balaban J connectivity index is 0.000000252. The molecule has 0 amide bonds. The van der Waals surface area contributed by atoms with Crippen molar-refractivity contribution < 1.29 is 5.11 Å². The molecule has 1 aromatic carbocycles. The smallest absolute Gasteiger partial charge is 0.0592 e. The van der Waals surface area contributed by atoms with Crippen molar-refractivity contribution in [2.24, 2.45) is 0 Å². The molecule has 1 rings (SSSR count). The standard InChI is InChI=1S/C6H4Cl2.C4H10O/c7-5-3-1-2-4-6(5)8;1-4(2,3)5/h1-4H;5H,1-3H3. The predicted octanol–water partition coefficient (Wildman–Crippen LogP) is 3.77. The van der Waals surface area contributed by atoms with E-state index in [1.807, 2.05) is 12.1 Å². The number of aliphatic hydroxyl groups is 1. The largest absolute Gasteiger partial charge is 0.391 e. The van der Waals surface area contributed by atoms with E-state index in [9.17, 15) is 0 Å². The highest BCUT2D eigenvalue weighted by molar-refractivity contribution is 6.41. The van der Waals surface area contributed by atoms with E-state index >= 15 is 0 Å². The molecule has 0 aliphatic heterocycles. The molecular formula is C10H14Cl2O. The van der Waals surface area contributed by atoms with Crippen molar-refractivity contribution in [1.82, 2.24) is 0 Å². The van der Waals surface area contributed by atoms with Crippen molar-refractivity contribution in [1.29, 1.82) is 0 Å². The normalized spacial score (nSPS) is 10.3. The molecule has 1 aromatic rings. The van der Waals surface area contributed by atoms with Gasteiger partial charge in [-0.05, 0) is 32.9 Å². The van der Waals surface area contributed by atoms with Gasteiger partial charge in [0.05, 0.1) is 15.6 Å². The van der Waals surface area contributed by atoms with Crippen LogP contribution in [-0.4, -0.2) is 10.7 Å². The van der Waals surface area contributed by atoms with Crippen LogP contribution in [-0.2, 0) is 0 Å². The second kappa shape index (κ2) is 5.48. The molecule has 74 valence electrons. The minimum atomic E-state index is -0.500. The number of halogens is 2. The van der Waals surface area contributed by atoms with E-state index in [1.165, 1.54) is 0 Å². The first kappa shape index (κ1) is 12.8. The van der Waals surface area contributed by atoms with E-state index in [0.29, 0.717) is 10.0 Å². The molecule has 0 saturated heterocycles. The van der Waals surface area contributed by atoms with Gasteiger partial charge in [0.15, 0.2) is 0 Å². The van der Waals surface area contributed by atoms with E-state index in [-0.39, 0.29) is 0 Å². The highest BCUT2D eigenvalue weighted by Crippen LogP contribution is 2.19. The van der Waals surface area contributed by atoms with Crippen molar-refractivity contribution in [2.75, 3.05) is 0 Å². The first-order valence-corrected chi connectivity index (χ1v) is 4.68. The lowest BCUT2D eigenvalue weighted by molar-refractivity contribution is 0.102. The Morgan fingerprint density at radius 2 is 1.23 bits per heavy atom. The van der Waals surface area contributed by atoms with Crippen LogP contribution in [0, 0.1) is 0 Å². The molecule has 0 unspecified atom stereocenters. The molecule has 0 bridgehead atoms. The summed E-state index contributed by atoms with van der Waals surface area (Å²) in [6.07, 6.45) is 0. The zero-order valence-electron chi connectivity index (χ0n) is 8.01. The third-order valence-electron chi connectivity index (χ3n) is 0.824. The topological polar surface area (TPSA) is 20.2 Å². The number of benzene rings is 1. The predicted molar refractivity (Wildman–Crippen MR) is 58.4 cm³/mol. The summed E-state index contributed by atoms with van der Waals surface area (Å²) in [5, 5.41) is 9.73. The van der Waals surface area contributed by atoms with E-state index in [1.54, 1.807) is 32.9 Å². The van der Waals surface area contributed by atoms with Crippen molar-refractivity contribution in [3.63, 3.8) is 0 Å². The number of hydrogen-bond acceptors (Lipinski definition) is 1. The maximum atomic E-state index is 8.52. The van der Waals surface area contributed by atoms with Crippen LogP contribution in [0.15, 0.2) is 24.3 Å². The maximum absolute atomic E-state index is 8.52. The van der Waals surface area contributed by atoms with Gasteiger partial charge in [-0.1, -0.05) is 35.3 Å². The molecule has 0 atom stereocenters. The van der Waals surface area contributed by atoms with Crippen LogP contribution in [0.2, 0.25) is 10.0 Å². The summed E-state index contributed by atoms with van der Waals surface area (Å²) >= 11 is 11.2. The van der Waals surface area contributed by atoms with Gasteiger partial charge >= 0.3 is 0 Å². The summed E-state index contributed by atoms with van der Waals surface area (Å²) in [7, 11) is 0. The molecule has 13 heavy (non-hydrogen) atoms. The van der Waals surface area contributed by atoms with E-state index in [4.69, 9.17) is 28.3 Å². The van der Waals surface area contributed by atoms with Gasteiger partial charge < -0.3 is 5.11 Å². The average molecular weight is 221 g/mol. The first-order chi connectivity index (χ1) is 5.80. The van der Waals surface area contributed by atoms with Crippen molar-refractivity contribution >= 4 is 23.2 Å². The van der Waals surface area contributed by atoms with Gasteiger partial charge in [0, 0.05) is 0 Å². The summed E-state index contributed by atoms with van der Waals surface area (Å²) in [4.78, 5) is 0. The van der Waals surface area contributed by atoms with Crippen LogP contribution in [0.25, 0.3) is 0 Å². The summed E-state index contributed by atoms with van der Waals surface area (Å²) in [6.45, 7) is 5.23. The van der Waals surface area contributed by atoms with Gasteiger partial charge in [-0.15, -0.1) is 0 Å². The van der Waals surface area contributed by atoms with Gasteiger partial charge in [0.1, 0.15) is 0 Å². The monoisotopic (exact) mass is 220 g/mol. The molecule has 0 heterocycles. The zero-order chi connectivity index (χ0) is 10.5. The summed E-state index contributed by atoms with van der Waals surface area (Å²) in [5.41, 5.74) is -0.500. The van der Waals surface area contributed by atoms with Crippen molar-refractivity contribution in [3.8, 4) is 0 Å². The summed E-state index contributed by atoms with van der Waals surface area (Å²) < 4.78 is 0. The Hall–Kier alpha value is -0.240. The Morgan fingerprint density at radius 1 is 1.00 bits per heavy atom. The zero-order valence-corrected chi connectivity index (χ0v) is 9.52. The van der Waals surface area contributed by atoms with Crippen LogP contribution in [0.4, 0.5) is 0 Å². The fourth-order valence-corrected chi connectivity index (χ4v) is 0.711. The second-order valence-electron chi connectivity index (χ2n) is 3.58. The molecule has 0 radical (unpaired) electrons. The van der Waals surface area contributed by atoms with Crippen molar-refractivity contribution in [3.05, 3.63) is 34.3 Å². The van der Waals surface area contributed by atoms with Crippen LogP contribution in [0.5, 0.6) is 0 Å². The third-order valence-corrected chi connectivity index (χ3v) is 1.58. The van der Waals surface area contributed by atoms with Crippen LogP contribution in [0.3, 0.4) is 0 Å². The average Bonchev–Trinajstić information content (AvgIpc) is 1.92. The number of hydrogen-bond donors (Lipinski definition) is 1. The lowest BCUT2D eigenvalue weighted by atomic mass is 10.2. The molecule has 0 aliphatic carbocycles. The molecular weight excluding hydrogens is 207 g/mol. The minimum Gasteiger partial charge on any atom is -0.391 e. The number of rotatable bonds is 0. The second-order valence-corrected chi connectivity index (χ2v) is 4.40. The molecule has 1 nitrogen and oxygen atoms in total. The molecule has 0 fully saturated rings. The summed E-state index contributed by atoms with van der Waals surface area (Å²) in [5.74, 6) is 0. The van der Waals surface area contributed by atoms with Crippen LogP contribution in [0.1, 0.15) is 20.8 Å². The van der Waals surface area contributed by atoms with Crippen LogP contribution >= 0.6 is 23.2 Å². The molecule has 3 heteroatoms. The van der Waals surface area contributed by atoms with Crippen LogP contribution < -0.4 is 0 Å². The molecule has 0 aliphatic rings. The van der Waals surface area contributed by atoms with Gasteiger partial charge in [0.2, 0.25) is 0 Å². The molecule has 1 N–H and O–H groups in total. The van der Waals surface area contributed by atoms with E-state index < -0.39 is 5.60 Å². The molecule has 0 spiro atoms. The lowest BCUT2D eigenvalue weighted by Crippen LogP contribution is -2.10. The molecule has 0 aromatic heterocycles. The van der Waals surface area contributed by atoms with Gasteiger partial charge in [-0.25, -0.2) is 0 Å². The Kier molecular flexibility index (Phi) is 5.38. The summed E-state index contributed by atoms with van der Waals surface area (Å²) in [6, 6.07) is 7.19. The molecule has 0 saturated carbocycles. The first-order valence-electron chi connectivity index (χ1n) is 3.93. The van der Waals surface area contributed by atoms with E-state index in [0.717, 1.165) is 0 Å². The SMILES string of the molecule is CC(C)(C)O.Clc1ccccc1Cl. The highest BCUT2D eigenvalue weighted by Gasteiger charge is 1.97. The maximum Gasteiger partial charge on any atom is 0.0592 e. The Morgan fingerprint density at radius 3 is 1.38 bits per heavy atom. The highest BCUT2D eigenvalue weighted by atomic mass is 35.5. The third kappa shape index (κ3) is 9.68. The van der Waals surface area contributed by atoms with Gasteiger partial charge in [0.25, 0.3) is 0 Å². The van der Waals surface area contributed by atoms with Crippen molar-refractivity contribution in [2.45, 2.75) is 26.4 Å².